The fourth-order valence-electron chi connectivity index (χ4n) is 2.52. The second-order valence-corrected chi connectivity index (χ2v) is 5.17. The number of ether oxygens (including phenoxy) is 1. The van der Waals surface area contributed by atoms with Gasteiger partial charge in [0, 0.05) is 12.5 Å². The molecule has 0 bridgehead atoms. The van der Waals surface area contributed by atoms with E-state index < -0.39 is 0 Å². The van der Waals surface area contributed by atoms with Gasteiger partial charge in [-0.05, 0) is 24.8 Å². The van der Waals surface area contributed by atoms with Crippen LogP contribution >= 0.6 is 0 Å². The van der Waals surface area contributed by atoms with Crippen molar-refractivity contribution >= 4 is 11.9 Å². The summed E-state index contributed by atoms with van der Waals surface area (Å²) in [7, 11) is 0. The predicted octanol–water partition coefficient (Wildman–Crippen LogP) is 2.37. The Morgan fingerprint density at radius 2 is 2.10 bits per heavy atom. The summed E-state index contributed by atoms with van der Waals surface area (Å²) in [6.07, 6.45) is 2.48. The monoisotopic (exact) mass is 287 g/mol. The summed E-state index contributed by atoms with van der Waals surface area (Å²) in [5, 5.41) is 0. The highest BCUT2D eigenvalue weighted by atomic mass is 16.5. The maximum Gasteiger partial charge on any atom is 0.325 e. The van der Waals surface area contributed by atoms with Crippen LogP contribution in [-0.2, 0) is 14.3 Å². The minimum atomic E-state index is -0.371. The first-order valence-electron chi connectivity index (χ1n) is 7.27. The van der Waals surface area contributed by atoms with Crippen LogP contribution in [0.5, 0.6) is 0 Å². The fourth-order valence-corrected chi connectivity index (χ4v) is 2.52. The molecule has 21 heavy (non-hydrogen) atoms. The lowest BCUT2D eigenvalue weighted by Crippen LogP contribution is -2.37. The third-order valence-corrected chi connectivity index (χ3v) is 3.62. The van der Waals surface area contributed by atoms with Gasteiger partial charge in [0.25, 0.3) is 0 Å². The molecule has 0 N–H and O–H groups in total. The molecular weight excluding hydrogens is 266 g/mol. The molecule has 1 aromatic carbocycles. The van der Waals surface area contributed by atoms with E-state index in [1.54, 1.807) is 13.0 Å². The number of amides is 1. The molecule has 4 heteroatoms. The van der Waals surface area contributed by atoms with Gasteiger partial charge in [-0.3, -0.25) is 9.59 Å². The molecule has 1 amide bonds. The van der Waals surface area contributed by atoms with Gasteiger partial charge in [-0.15, -0.1) is 6.58 Å². The van der Waals surface area contributed by atoms with Gasteiger partial charge in [0.15, 0.2) is 0 Å². The van der Waals surface area contributed by atoms with Crippen molar-refractivity contribution in [3.05, 3.63) is 48.6 Å². The van der Waals surface area contributed by atoms with Crippen molar-refractivity contribution in [3.63, 3.8) is 0 Å². The zero-order valence-corrected chi connectivity index (χ0v) is 12.3. The average Bonchev–Trinajstić information content (AvgIpc) is 3.28. The Kier molecular flexibility index (Phi) is 5.14. The number of hydrogen-bond acceptors (Lipinski definition) is 3. The van der Waals surface area contributed by atoms with E-state index in [-0.39, 0.29) is 30.3 Å². The standard InChI is InChI=1S/C17H21NO3/c1-3-10-18(12-16(19)21-4-2)17(20)15-11-14(15)13-8-6-5-7-9-13/h3,5-9,14-15H,1,4,10-12H2,2H3. The van der Waals surface area contributed by atoms with E-state index in [0.29, 0.717) is 13.2 Å². The highest BCUT2D eigenvalue weighted by Gasteiger charge is 2.45. The van der Waals surface area contributed by atoms with Crippen LogP contribution in [0.2, 0.25) is 0 Å². The third-order valence-electron chi connectivity index (χ3n) is 3.62. The van der Waals surface area contributed by atoms with Crippen molar-refractivity contribution in [2.75, 3.05) is 19.7 Å². The lowest BCUT2D eigenvalue weighted by atomic mass is 10.1. The first kappa shape index (κ1) is 15.3. The number of hydrogen-bond donors (Lipinski definition) is 0. The number of esters is 1. The summed E-state index contributed by atoms with van der Waals surface area (Å²) in [6, 6.07) is 10.0. The maximum absolute atomic E-state index is 12.5. The molecule has 112 valence electrons. The molecule has 1 fully saturated rings. The molecule has 0 aromatic heterocycles. The van der Waals surface area contributed by atoms with Crippen LogP contribution < -0.4 is 0 Å². The summed E-state index contributed by atoms with van der Waals surface area (Å²) < 4.78 is 4.91. The third kappa shape index (κ3) is 3.94. The lowest BCUT2D eigenvalue weighted by Gasteiger charge is -2.20. The van der Waals surface area contributed by atoms with E-state index in [0.717, 1.165) is 6.42 Å². The van der Waals surface area contributed by atoms with E-state index in [1.165, 1.54) is 10.5 Å². The second kappa shape index (κ2) is 7.07. The van der Waals surface area contributed by atoms with Crippen LogP contribution in [0.4, 0.5) is 0 Å². The molecule has 0 aliphatic heterocycles. The highest BCUT2D eigenvalue weighted by molar-refractivity contribution is 5.86. The van der Waals surface area contributed by atoms with E-state index in [9.17, 15) is 9.59 Å². The molecule has 2 rings (SSSR count). The molecule has 0 heterocycles. The van der Waals surface area contributed by atoms with E-state index >= 15 is 0 Å². The summed E-state index contributed by atoms with van der Waals surface area (Å²) in [6.45, 7) is 6.09. The molecule has 0 radical (unpaired) electrons. The Labute approximate surface area is 125 Å². The van der Waals surface area contributed by atoms with Crippen molar-refractivity contribution in [3.8, 4) is 0 Å². The first-order chi connectivity index (χ1) is 10.2. The van der Waals surface area contributed by atoms with Crippen LogP contribution in [0.1, 0.15) is 24.8 Å². The normalized spacial score (nSPS) is 19.7. The molecule has 2 unspecified atom stereocenters. The van der Waals surface area contributed by atoms with E-state index in [4.69, 9.17) is 4.74 Å². The number of rotatable bonds is 7. The zero-order valence-electron chi connectivity index (χ0n) is 12.3. The van der Waals surface area contributed by atoms with Gasteiger partial charge in [-0.1, -0.05) is 36.4 Å². The summed E-state index contributed by atoms with van der Waals surface area (Å²) >= 11 is 0. The summed E-state index contributed by atoms with van der Waals surface area (Å²) in [5.74, 6) is -0.114. The van der Waals surface area contributed by atoms with Crippen LogP contribution in [0.15, 0.2) is 43.0 Å². The molecule has 2 atom stereocenters. The molecule has 1 aromatic rings. The molecular formula is C17H21NO3. The van der Waals surface area contributed by atoms with E-state index in [1.807, 2.05) is 30.3 Å². The van der Waals surface area contributed by atoms with Crippen molar-refractivity contribution in [1.82, 2.24) is 4.90 Å². The van der Waals surface area contributed by atoms with Gasteiger partial charge < -0.3 is 9.64 Å². The lowest BCUT2D eigenvalue weighted by molar-refractivity contribution is -0.149. The van der Waals surface area contributed by atoms with Crippen LogP contribution in [0, 0.1) is 5.92 Å². The highest BCUT2D eigenvalue weighted by Crippen LogP contribution is 2.48. The van der Waals surface area contributed by atoms with Gasteiger partial charge in [-0.2, -0.15) is 0 Å². The largest absolute Gasteiger partial charge is 0.465 e. The fraction of sp³-hybridized carbons (Fsp3) is 0.412. The minimum absolute atomic E-state index is 0.00327. The zero-order chi connectivity index (χ0) is 15.2. The van der Waals surface area contributed by atoms with Crippen LogP contribution in [0.25, 0.3) is 0 Å². The molecule has 0 saturated heterocycles. The maximum atomic E-state index is 12.5. The molecule has 0 spiro atoms. The quantitative estimate of drug-likeness (QED) is 0.571. The van der Waals surface area contributed by atoms with Gasteiger partial charge in [0.1, 0.15) is 6.54 Å². The van der Waals surface area contributed by atoms with E-state index in [2.05, 4.69) is 6.58 Å². The van der Waals surface area contributed by atoms with Crippen LogP contribution in [0.3, 0.4) is 0 Å². The van der Waals surface area contributed by atoms with Gasteiger partial charge in [0.05, 0.1) is 6.61 Å². The number of carbonyl (C=O) groups is 2. The van der Waals surface area contributed by atoms with Gasteiger partial charge in [-0.25, -0.2) is 0 Å². The van der Waals surface area contributed by atoms with Crippen molar-refractivity contribution < 1.29 is 14.3 Å². The summed E-state index contributed by atoms with van der Waals surface area (Å²) in [4.78, 5) is 25.6. The van der Waals surface area contributed by atoms with Crippen molar-refractivity contribution in [2.45, 2.75) is 19.3 Å². The number of nitrogens with zero attached hydrogens (tertiary/aromatic N) is 1. The molecule has 1 aliphatic rings. The minimum Gasteiger partial charge on any atom is -0.465 e. The first-order valence-corrected chi connectivity index (χ1v) is 7.27. The Morgan fingerprint density at radius 3 is 2.71 bits per heavy atom. The van der Waals surface area contributed by atoms with Gasteiger partial charge >= 0.3 is 5.97 Å². The Hall–Kier alpha value is -2.10. The predicted molar refractivity (Wildman–Crippen MR) is 80.7 cm³/mol. The Bertz CT molecular complexity index is 512. The van der Waals surface area contributed by atoms with Crippen LogP contribution in [-0.4, -0.2) is 36.5 Å². The number of benzene rings is 1. The Balaban J connectivity index is 1.97. The second-order valence-electron chi connectivity index (χ2n) is 5.17. The molecule has 1 saturated carbocycles. The topological polar surface area (TPSA) is 46.6 Å². The molecule has 4 nitrogen and oxygen atoms in total. The summed E-state index contributed by atoms with van der Waals surface area (Å²) in [5.41, 5.74) is 1.19. The number of carbonyl (C=O) groups excluding carboxylic acids is 2. The average molecular weight is 287 g/mol. The van der Waals surface area contributed by atoms with Crippen molar-refractivity contribution in [2.24, 2.45) is 5.92 Å². The molecule has 1 aliphatic carbocycles. The SMILES string of the molecule is C=CCN(CC(=O)OCC)C(=O)C1CC1c1ccccc1. The van der Waals surface area contributed by atoms with Crippen molar-refractivity contribution in [1.29, 1.82) is 0 Å². The Morgan fingerprint density at radius 1 is 1.38 bits per heavy atom. The van der Waals surface area contributed by atoms with Gasteiger partial charge in [0.2, 0.25) is 5.91 Å². The smallest absolute Gasteiger partial charge is 0.325 e.